The van der Waals surface area contributed by atoms with Crippen LogP contribution in [-0.4, -0.2) is 36.9 Å². The zero-order valence-corrected chi connectivity index (χ0v) is 15.3. The Morgan fingerprint density at radius 1 is 1.00 bits per heavy atom. The molecule has 2 N–H and O–H groups in total. The number of benzene rings is 2. The Morgan fingerprint density at radius 3 is 2.25 bits per heavy atom. The molecule has 126 valence electrons. The van der Waals surface area contributed by atoms with Crippen molar-refractivity contribution >= 4 is 39.1 Å². The molecule has 0 aliphatic rings. The maximum Gasteiger partial charge on any atom is 0.238 e. The van der Waals surface area contributed by atoms with E-state index in [1.165, 1.54) is 0 Å². The Labute approximate surface area is 150 Å². The number of halogens is 1. The fraction of sp³-hybridized carbons (Fsp3) is 0.222. The summed E-state index contributed by atoms with van der Waals surface area (Å²) < 4.78 is 0.965. The number of amides is 2. The third kappa shape index (κ3) is 5.79. The second-order valence-corrected chi connectivity index (χ2v) is 6.51. The molecule has 0 heterocycles. The highest BCUT2D eigenvalue weighted by atomic mass is 79.9. The van der Waals surface area contributed by atoms with Gasteiger partial charge in [-0.1, -0.05) is 34.1 Å². The number of carbonyl (C=O) groups excluding carboxylic acids is 2. The quantitative estimate of drug-likeness (QED) is 0.796. The van der Waals surface area contributed by atoms with Crippen molar-refractivity contribution < 1.29 is 9.59 Å². The number of aryl methyl sites for hydroxylation is 1. The van der Waals surface area contributed by atoms with Crippen LogP contribution in [0.3, 0.4) is 0 Å². The van der Waals surface area contributed by atoms with Crippen LogP contribution in [0.25, 0.3) is 0 Å². The molecule has 2 amide bonds. The van der Waals surface area contributed by atoms with Crippen LogP contribution in [0.2, 0.25) is 0 Å². The molecule has 0 saturated heterocycles. The van der Waals surface area contributed by atoms with Gasteiger partial charge in [-0.25, -0.2) is 0 Å². The van der Waals surface area contributed by atoms with Crippen molar-refractivity contribution in [1.82, 2.24) is 4.90 Å². The fourth-order valence-electron chi connectivity index (χ4n) is 2.23. The molecule has 0 aliphatic carbocycles. The molecular formula is C18H20BrN3O2. The number of nitrogens with zero attached hydrogens (tertiary/aromatic N) is 1. The molecule has 0 aromatic heterocycles. The summed E-state index contributed by atoms with van der Waals surface area (Å²) in [4.78, 5) is 25.7. The van der Waals surface area contributed by atoms with E-state index < -0.39 is 0 Å². The Kier molecular flexibility index (Phi) is 6.52. The van der Waals surface area contributed by atoms with Crippen molar-refractivity contribution in [3.63, 3.8) is 0 Å². The van der Waals surface area contributed by atoms with E-state index in [2.05, 4.69) is 26.6 Å². The Balaban J connectivity index is 1.81. The van der Waals surface area contributed by atoms with Gasteiger partial charge in [0.25, 0.3) is 0 Å². The van der Waals surface area contributed by atoms with Gasteiger partial charge in [-0.2, -0.15) is 0 Å². The van der Waals surface area contributed by atoms with Crippen LogP contribution < -0.4 is 10.6 Å². The van der Waals surface area contributed by atoms with Crippen LogP contribution in [-0.2, 0) is 9.59 Å². The number of para-hydroxylation sites is 1. The molecule has 0 fully saturated rings. The zero-order chi connectivity index (χ0) is 17.5. The monoisotopic (exact) mass is 389 g/mol. The summed E-state index contributed by atoms with van der Waals surface area (Å²) in [6, 6.07) is 14.9. The van der Waals surface area contributed by atoms with Crippen molar-refractivity contribution in [3.8, 4) is 0 Å². The first kappa shape index (κ1) is 18.2. The highest BCUT2D eigenvalue weighted by Gasteiger charge is 2.12. The molecule has 0 radical (unpaired) electrons. The Bertz CT molecular complexity index is 719. The summed E-state index contributed by atoms with van der Waals surface area (Å²) in [5.74, 6) is -0.313. The molecule has 0 bridgehead atoms. The maximum absolute atomic E-state index is 12.1. The highest BCUT2D eigenvalue weighted by Crippen LogP contribution is 2.19. The van der Waals surface area contributed by atoms with E-state index in [4.69, 9.17) is 0 Å². The third-order valence-electron chi connectivity index (χ3n) is 3.35. The lowest BCUT2D eigenvalue weighted by atomic mass is 10.2. The second-order valence-electron chi connectivity index (χ2n) is 5.59. The van der Waals surface area contributed by atoms with Gasteiger partial charge in [0.1, 0.15) is 0 Å². The van der Waals surface area contributed by atoms with Crippen molar-refractivity contribution in [3.05, 3.63) is 58.6 Å². The SMILES string of the molecule is Cc1cc(Br)ccc1NC(=O)CN(C)CC(=O)Nc1ccccc1. The normalized spacial score (nSPS) is 10.5. The summed E-state index contributed by atoms with van der Waals surface area (Å²) in [5, 5.41) is 5.65. The van der Waals surface area contributed by atoms with Gasteiger partial charge in [-0.15, -0.1) is 0 Å². The first-order chi connectivity index (χ1) is 11.4. The molecule has 2 aromatic rings. The molecule has 2 aromatic carbocycles. The molecule has 6 heteroatoms. The van der Waals surface area contributed by atoms with Gasteiger partial charge < -0.3 is 10.6 Å². The van der Waals surface area contributed by atoms with Gasteiger partial charge in [0, 0.05) is 15.8 Å². The minimum atomic E-state index is -0.157. The lowest BCUT2D eigenvalue weighted by Gasteiger charge is -2.16. The first-order valence-electron chi connectivity index (χ1n) is 7.53. The molecule has 0 saturated carbocycles. The van der Waals surface area contributed by atoms with Gasteiger partial charge in [0.2, 0.25) is 11.8 Å². The average molecular weight is 390 g/mol. The minimum Gasteiger partial charge on any atom is -0.325 e. The van der Waals surface area contributed by atoms with E-state index in [1.54, 1.807) is 11.9 Å². The first-order valence-corrected chi connectivity index (χ1v) is 8.33. The molecule has 0 unspecified atom stereocenters. The van der Waals surface area contributed by atoms with Crippen molar-refractivity contribution in [2.75, 3.05) is 30.8 Å². The van der Waals surface area contributed by atoms with E-state index in [9.17, 15) is 9.59 Å². The van der Waals surface area contributed by atoms with Gasteiger partial charge in [0.15, 0.2) is 0 Å². The highest BCUT2D eigenvalue weighted by molar-refractivity contribution is 9.10. The molecule has 0 atom stereocenters. The number of carbonyl (C=O) groups is 2. The van der Waals surface area contributed by atoms with Gasteiger partial charge in [-0.3, -0.25) is 14.5 Å². The van der Waals surface area contributed by atoms with Crippen LogP contribution >= 0.6 is 15.9 Å². The van der Waals surface area contributed by atoms with E-state index in [0.717, 1.165) is 21.4 Å². The van der Waals surface area contributed by atoms with Crippen LogP contribution in [0.15, 0.2) is 53.0 Å². The predicted molar refractivity (Wildman–Crippen MR) is 100 cm³/mol. The molecule has 5 nitrogen and oxygen atoms in total. The Hall–Kier alpha value is -2.18. The molecular weight excluding hydrogens is 370 g/mol. The molecule has 0 aliphatic heterocycles. The van der Waals surface area contributed by atoms with Crippen LogP contribution in [0, 0.1) is 6.92 Å². The number of anilines is 2. The average Bonchev–Trinajstić information content (AvgIpc) is 2.50. The minimum absolute atomic E-state index is 0.137. The number of hydrogen-bond acceptors (Lipinski definition) is 3. The smallest absolute Gasteiger partial charge is 0.238 e. The number of rotatable bonds is 6. The van der Waals surface area contributed by atoms with Crippen LogP contribution in [0.4, 0.5) is 11.4 Å². The largest absolute Gasteiger partial charge is 0.325 e. The van der Waals surface area contributed by atoms with E-state index >= 15 is 0 Å². The number of hydrogen-bond donors (Lipinski definition) is 2. The van der Waals surface area contributed by atoms with Crippen molar-refractivity contribution in [2.24, 2.45) is 0 Å². The summed E-state index contributed by atoms with van der Waals surface area (Å²) in [7, 11) is 1.73. The number of nitrogens with one attached hydrogen (secondary N) is 2. The standard InChI is InChI=1S/C18H20BrN3O2/c1-13-10-14(19)8-9-16(13)21-18(24)12-22(2)11-17(23)20-15-6-4-3-5-7-15/h3-10H,11-12H2,1-2H3,(H,20,23)(H,21,24). The molecule has 24 heavy (non-hydrogen) atoms. The predicted octanol–water partition coefficient (Wildman–Crippen LogP) is 3.27. The fourth-order valence-corrected chi connectivity index (χ4v) is 2.70. The topological polar surface area (TPSA) is 61.4 Å². The maximum atomic E-state index is 12.1. The summed E-state index contributed by atoms with van der Waals surface area (Å²) >= 11 is 3.39. The van der Waals surface area contributed by atoms with Crippen molar-refractivity contribution in [2.45, 2.75) is 6.92 Å². The van der Waals surface area contributed by atoms with Crippen LogP contribution in [0.5, 0.6) is 0 Å². The van der Waals surface area contributed by atoms with Gasteiger partial charge in [0.05, 0.1) is 13.1 Å². The summed E-state index contributed by atoms with van der Waals surface area (Å²) in [5.41, 5.74) is 2.48. The zero-order valence-electron chi connectivity index (χ0n) is 13.7. The van der Waals surface area contributed by atoms with Gasteiger partial charge >= 0.3 is 0 Å². The summed E-state index contributed by atoms with van der Waals surface area (Å²) in [6.07, 6.45) is 0. The second kappa shape index (κ2) is 8.61. The number of likely N-dealkylation sites (N-methyl/N-ethyl adjacent to an activating group) is 1. The lowest BCUT2D eigenvalue weighted by molar-refractivity contribution is -0.119. The molecule has 0 spiro atoms. The summed E-state index contributed by atoms with van der Waals surface area (Å²) in [6.45, 7) is 2.21. The van der Waals surface area contributed by atoms with Gasteiger partial charge in [-0.05, 0) is 49.9 Å². The van der Waals surface area contributed by atoms with Crippen LogP contribution in [0.1, 0.15) is 5.56 Å². The third-order valence-corrected chi connectivity index (χ3v) is 3.84. The Morgan fingerprint density at radius 2 is 1.62 bits per heavy atom. The van der Waals surface area contributed by atoms with E-state index in [0.29, 0.717) is 0 Å². The lowest BCUT2D eigenvalue weighted by Crippen LogP contribution is -2.36. The van der Waals surface area contributed by atoms with E-state index in [-0.39, 0.29) is 24.9 Å². The van der Waals surface area contributed by atoms with Crippen molar-refractivity contribution in [1.29, 1.82) is 0 Å². The molecule has 2 rings (SSSR count). The van der Waals surface area contributed by atoms with E-state index in [1.807, 2.05) is 55.5 Å².